The quantitative estimate of drug-likeness (QED) is 0.775. The van der Waals surface area contributed by atoms with Crippen molar-refractivity contribution < 1.29 is 8.42 Å². The Balaban J connectivity index is 2.14. The number of rotatable bonds is 8. The zero-order valence-electron chi connectivity index (χ0n) is 12.4. The molecule has 0 amide bonds. The fourth-order valence-corrected chi connectivity index (χ4v) is 4.94. The lowest BCUT2D eigenvalue weighted by atomic mass is 9.98. The molecule has 1 heterocycles. The third-order valence-corrected chi connectivity index (χ3v) is 6.84. The molecule has 0 aromatic carbocycles. The molecule has 0 atom stereocenters. The molecular weight excluding hydrogens is 292 g/mol. The van der Waals surface area contributed by atoms with Crippen LogP contribution >= 0.6 is 11.3 Å². The molecule has 0 aliphatic heterocycles. The maximum atomic E-state index is 12.6. The summed E-state index contributed by atoms with van der Waals surface area (Å²) < 4.78 is 28.0. The van der Waals surface area contributed by atoms with Gasteiger partial charge in [0.25, 0.3) is 0 Å². The van der Waals surface area contributed by atoms with Gasteiger partial charge in [-0.05, 0) is 44.1 Å². The van der Waals surface area contributed by atoms with E-state index in [1.807, 2.05) is 26.2 Å². The van der Waals surface area contributed by atoms with E-state index < -0.39 is 10.0 Å². The summed E-state index contributed by atoms with van der Waals surface area (Å²) in [7, 11) is -3.44. The zero-order valence-corrected chi connectivity index (χ0v) is 14.0. The first-order valence-corrected chi connectivity index (χ1v) is 9.60. The first kappa shape index (κ1) is 15.9. The smallest absolute Gasteiger partial charge is 0.242 e. The molecule has 1 aliphatic rings. The molecule has 1 fully saturated rings. The molecule has 0 bridgehead atoms. The predicted molar refractivity (Wildman–Crippen MR) is 83.5 cm³/mol. The van der Waals surface area contributed by atoms with Crippen molar-refractivity contribution in [3.8, 4) is 0 Å². The monoisotopic (exact) mass is 316 g/mol. The number of hydrogen-bond acceptors (Lipinski definition) is 4. The lowest BCUT2D eigenvalue weighted by molar-refractivity contribution is 0.388. The van der Waals surface area contributed by atoms with Crippen LogP contribution in [-0.4, -0.2) is 20.0 Å². The molecule has 1 aliphatic carbocycles. The molecule has 20 heavy (non-hydrogen) atoms. The van der Waals surface area contributed by atoms with Crippen molar-refractivity contribution in [1.29, 1.82) is 0 Å². The Labute approximate surface area is 126 Å². The summed E-state index contributed by atoms with van der Waals surface area (Å²) in [5.41, 5.74) is -0.373. The summed E-state index contributed by atoms with van der Waals surface area (Å²) in [6.45, 7) is 6.62. The Morgan fingerprint density at radius 3 is 2.55 bits per heavy atom. The predicted octanol–water partition coefficient (Wildman–Crippen LogP) is 2.86. The molecule has 0 spiro atoms. The molecule has 0 unspecified atom stereocenters. The summed E-state index contributed by atoms with van der Waals surface area (Å²) >= 11 is 1.51. The lowest BCUT2D eigenvalue weighted by Crippen LogP contribution is -2.45. The van der Waals surface area contributed by atoms with Gasteiger partial charge in [-0.3, -0.25) is 0 Å². The van der Waals surface area contributed by atoms with Crippen LogP contribution in [0.4, 0.5) is 0 Å². The average molecular weight is 316 g/mol. The Kier molecular flexibility index (Phi) is 4.89. The molecule has 0 saturated heterocycles. The van der Waals surface area contributed by atoms with Gasteiger partial charge in [0.1, 0.15) is 0 Å². The van der Waals surface area contributed by atoms with Crippen molar-refractivity contribution in [3.05, 3.63) is 16.3 Å². The van der Waals surface area contributed by atoms with Crippen LogP contribution in [0, 0.1) is 0 Å². The molecule has 1 aromatic heterocycles. The highest BCUT2D eigenvalue weighted by Crippen LogP contribution is 2.26. The van der Waals surface area contributed by atoms with Crippen LogP contribution in [0.3, 0.4) is 0 Å². The van der Waals surface area contributed by atoms with E-state index in [2.05, 4.69) is 10.0 Å². The summed E-state index contributed by atoms with van der Waals surface area (Å²) in [6, 6.07) is 2.29. The maximum absolute atomic E-state index is 12.6. The molecule has 1 aromatic rings. The van der Waals surface area contributed by atoms with Crippen molar-refractivity contribution in [2.45, 2.75) is 69.5 Å². The van der Waals surface area contributed by atoms with Crippen LogP contribution in [0.1, 0.15) is 51.3 Å². The first-order chi connectivity index (χ1) is 9.40. The highest BCUT2D eigenvalue weighted by molar-refractivity contribution is 7.89. The molecule has 1 saturated carbocycles. The van der Waals surface area contributed by atoms with Crippen LogP contribution < -0.4 is 10.0 Å². The minimum atomic E-state index is -3.44. The van der Waals surface area contributed by atoms with E-state index in [9.17, 15) is 8.42 Å². The molecule has 0 radical (unpaired) electrons. The molecular formula is C14H24N2O2S2. The number of sulfonamides is 1. The van der Waals surface area contributed by atoms with E-state index in [0.717, 1.165) is 17.7 Å². The fourth-order valence-electron chi connectivity index (χ4n) is 2.00. The molecule has 2 rings (SSSR count). The van der Waals surface area contributed by atoms with Crippen LogP contribution in [0.25, 0.3) is 0 Å². The number of hydrogen-bond donors (Lipinski definition) is 2. The minimum Gasteiger partial charge on any atom is -0.309 e. The van der Waals surface area contributed by atoms with Gasteiger partial charge in [0.05, 0.1) is 4.90 Å². The van der Waals surface area contributed by atoms with Crippen molar-refractivity contribution in [3.63, 3.8) is 0 Å². The van der Waals surface area contributed by atoms with Crippen molar-refractivity contribution >= 4 is 21.4 Å². The van der Waals surface area contributed by atoms with E-state index in [1.54, 1.807) is 6.07 Å². The summed E-state index contributed by atoms with van der Waals surface area (Å²) in [4.78, 5) is 1.34. The fraction of sp³-hybridized carbons (Fsp3) is 0.714. The van der Waals surface area contributed by atoms with Crippen LogP contribution in [0.2, 0.25) is 0 Å². The van der Waals surface area contributed by atoms with Crippen molar-refractivity contribution in [1.82, 2.24) is 10.0 Å². The van der Waals surface area contributed by atoms with E-state index in [0.29, 0.717) is 17.5 Å². The van der Waals surface area contributed by atoms with Gasteiger partial charge in [-0.25, -0.2) is 13.1 Å². The van der Waals surface area contributed by atoms with Gasteiger partial charge in [-0.15, -0.1) is 11.3 Å². The third kappa shape index (κ3) is 3.81. The van der Waals surface area contributed by atoms with Gasteiger partial charge in [-0.2, -0.15) is 0 Å². The van der Waals surface area contributed by atoms with E-state index in [1.165, 1.54) is 24.2 Å². The van der Waals surface area contributed by atoms with E-state index in [4.69, 9.17) is 0 Å². The Morgan fingerprint density at radius 1 is 1.35 bits per heavy atom. The van der Waals surface area contributed by atoms with Gasteiger partial charge in [0, 0.05) is 23.0 Å². The molecule has 114 valence electrons. The normalized spacial score (nSPS) is 16.6. The van der Waals surface area contributed by atoms with Gasteiger partial charge < -0.3 is 5.32 Å². The summed E-state index contributed by atoms with van der Waals surface area (Å²) in [6.07, 6.45) is 3.97. The topological polar surface area (TPSA) is 58.2 Å². The highest BCUT2D eigenvalue weighted by Gasteiger charge is 2.30. The van der Waals surface area contributed by atoms with Crippen LogP contribution in [0.5, 0.6) is 0 Å². The standard InChI is InChI=1S/C14H24N2O2S2/c1-4-14(3,5-2)16-20(17,18)13-8-9-19-12(13)10-15-11-6-7-11/h8-9,11,15-16H,4-7,10H2,1-3H3. The second-order valence-corrected chi connectivity index (χ2v) is 8.39. The maximum Gasteiger partial charge on any atom is 0.242 e. The lowest BCUT2D eigenvalue weighted by Gasteiger charge is -2.27. The van der Waals surface area contributed by atoms with Gasteiger partial charge in [-0.1, -0.05) is 13.8 Å². The Bertz CT molecular complexity index is 543. The van der Waals surface area contributed by atoms with E-state index >= 15 is 0 Å². The Hall–Kier alpha value is -0.430. The van der Waals surface area contributed by atoms with Crippen LogP contribution in [0.15, 0.2) is 16.3 Å². The van der Waals surface area contributed by atoms with Gasteiger partial charge in [0.15, 0.2) is 0 Å². The second kappa shape index (κ2) is 6.13. The highest BCUT2D eigenvalue weighted by atomic mass is 32.2. The minimum absolute atomic E-state index is 0.373. The number of nitrogens with one attached hydrogen (secondary N) is 2. The van der Waals surface area contributed by atoms with E-state index in [-0.39, 0.29) is 5.54 Å². The van der Waals surface area contributed by atoms with Gasteiger partial charge >= 0.3 is 0 Å². The molecule has 6 heteroatoms. The number of thiophene rings is 1. The average Bonchev–Trinajstić information content (AvgIpc) is 3.11. The molecule has 2 N–H and O–H groups in total. The largest absolute Gasteiger partial charge is 0.309 e. The van der Waals surface area contributed by atoms with Crippen molar-refractivity contribution in [2.75, 3.05) is 0 Å². The Morgan fingerprint density at radius 2 is 2.00 bits per heavy atom. The van der Waals surface area contributed by atoms with Gasteiger partial charge in [0.2, 0.25) is 10.0 Å². The summed E-state index contributed by atoms with van der Waals surface area (Å²) in [5, 5.41) is 5.24. The molecule has 4 nitrogen and oxygen atoms in total. The zero-order chi connectivity index (χ0) is 14.8. The summed E-state index contributed by atoms with van der Waals surface area (Å²) in [5.74, 6) is 0. The van der Waals surface area contributed by atoms with Crippen molar-refractivity contribution in [2.24, 2.45) is 0 Å². The SMILES string of the molecule is CCC(C)(CC)NS(=O)(=O)c1ccsc1CNC1CC1. The third-order valence-electron chi connectivity index (χ3n) is 4.06. The second-order valence-electron chi connectivity index (χ2n) is 5.74. The first-order valence-electron chi connectivity index (χ1n) is 7.24. The van der Waals surface area contributed by atoms with Crippen LogP contribution in [-0.2, 0) is 16.6 Å².